The summed E-state index contributed by atoms with van der Waals surface area (Å²) in [5.74, 6) is 0. The van der Waals surface area contributed by atoms with E-state index >= 15 is 0 Å². The molecule has 4 N–H and O–H groups in total. The monoisotopic (exact) mass is 409 g/mol. The molecular formula is C24H35N5O. The maximum atomic E-state index is 12.7. The number of urea groups is 1. The molecule has 2 aliphatic rings. The molecule has 30 heavy (non-hydrogen) atoms. The molecule has 0 bridgehead atoms. The fourth-order valence-electron chi connectivity index (χ4n) is 5.43. The molecule has 1 aliphatic carbocycles. The zero-order valence-corrected chi connectivity index (χ0v) is 18.4. The van der Waals surface area contributed by atoms with E-state index in [1.807, 2.05) is 30.3 Å². The Bertz CT molecular complexity index is 875. The third kappa shape index (κ3) is 4.31. The molecule has 3 unspecified atom stereocenters. The van der Waals surface area contributed by atoms with Gasteiger partial charge in [0.15, 0.2) is 0 Å². The number of nitrogens with zero attached hydrogens (tertiary/aromatic N) is 1. The van der Waals surface area contributed by atoms with Gasteiger partial charge in [0.1, 0.15) is 6.29 Å². The SMILES string of the molecule is CC1NC(NC(=O)Nc2ccc3ccccc3c2)NC(N(C)C)C12CCCCCC2. The minimum atomic E-state index is -0.276. The third-order valence-electron chi connectivity index (χ3n) is 6.98. The normalized spacial score (nSPS) is 26.5. The molecule has 2 amide bonds. The van der Waals surface area contributed by atoms with E-state index in [1.165, 1.54) is 38.5 Å². The molecule has 0 aromatic heterocycles. The number of hydrogen-bond donors (Lipinski definition) is 4. The summed E-state index contributed by atoms with van der Waals surface area (Å²) in [6.45, 7) is 2.28. The van der Waals surface area contributed by atoms with Crippen LogP contribution < -0.4 is 21.3 Å². The minimum Gasteiger partial charge on any atom is -0.310 e. The fraction of sp³-hybridized carbons (Fsp3) is 0.542. The van der Waals surface area contributed by atoms with E-state index in [4.69, 9.17) is 0 Å². The summed E-state index contributed by atoms with van der Waals surface area (Å²) in [5.41, 5.74) is 0.979. The second-order valence-corrected chi connectivity index (χ2v) is 9.16. The number of nitrogens with one attached hydrogen (secondary N) is 4. The summed E-state index contributed by atoms with van der Waals surface area (Å²) in [4.78, 5) is 15.0. The van der Waals surface area contributed by atoms with Crippen LogP contribution in [-0.4, -0.2) is 43.5 Å². The van der Waals surface area contributed by atoms with E-state index in [0.717, 1.165) is 16.5 Å². The first-order valence-corrected chi connectivity index (χ1v) is 11.2. The predicted molar refractivity (Wildman–Crippen MR) is 123 cm³/mol. The Hall–Kier alpha value is -2.15. The van der Waals surface area contributed by atoms with Gasteiger partial charge in [-0.15, -0.1) is 0 Å². The average Bonchev–Trinajstić information content (AvgIpc) is 2.97. The molecule has 6 nitrogen and oxygen atoms in total. The van der Waals surface area contributed by atoms with Crippen LogP contribution >= 0.6 is 0 Å². The van der Waals surface area contributed by atoms with Crippen molar-refractivity contribution >= 4 is 22.5 Å². The Morgan fingerprint density at radius 1 is 1.00 bits per heavy atom. The molecule has 2 fully saturated rings. The van der Waals surface area contributed by atoms with E-state index in [0.29, 0.717) is 6.04 Å². The molecule has 162 valence electrons. The molecule has 2 aromatic rings. The molecule has 0 radical (unpaired) electrons. The maximum absolute atomic E-state index is 12.7. The van der Waals surface area contributed by atoms with Gasteiger partial charge in [0.25, 0.3) is 0 Å². The van der Waals surface area contributed by atoms with Crippen molar-refractivity contribution in [3.05, 3.63) is 42.5 Å². The van der Waals surface area contributed by atoms with E-state index in [1.54, 1.807) is 0 Å². The van der Waals surface area contributed by atoms with Crippen molar-refractivity contribution in [2.24, 2.45) is 5.41 Å². The highest BCUT2D eigenvalue weighted by Gasteiger charge is 2.48. The summed E-state index contributed by atoms with van der Waals surface area (Å²) < 4.78 is 0. The highest BCUT2D eigenvalue weighted by Crippen LogP contribution is 2.43. The van der Waals surface area contributed by atoms with Crippen LogP contribution in [0, 0.1) is 5.41 Å². The number of amides is 2. The first-order chi connectivity index (χ1) is 14.5. The minimum absolute atomic E-state index is 0.188. The van der Waals surface area contributed by atoms with Crippen LogP contribution in [0.3, 0.4) is 0 Å². The van der Waals surface area contributed by atoms with Crippen LogP contribution in [0.15, 0.2) is 42.5 Å². The largest absolute Gasteiger partial charge is 0.321 e. The lowest BCUT2D eigenvalue weighted by molar-refractivity contribution is -0.0277. The Kier molecular flexibility index (Phi) is 6.27. The first-order valence-electron chi connectivity index (χ1n) is 11.2. The zero-order valence-electron chi connectivity index (χ0n) is 18.4. The summed E-state index contributed by atoms with van der Waals surface area (Å²) in [6.07, 6.45) is 7.58. The fourth-order valence-corrected chi connectivity index (χ4v) is 5.43. The quantitative estimate of drug-likeness (QED) is 0.617. The van der Waals surface area contributed by atoms with Crippen LogP contribution in [0.2, 0.25) is 0 Å². The van der Waals surface area contributed by atoms with Crippen molar-refractivity contribution < 1.29 is 4.79 Å². The van der Waals surface area contributed by atoms with Gasteiger partial charge >= 0.3 is 6.03 Å². The van der Waals surface area contributed by atoms with Crippen LogP contribution in [0.1, 0.15) is 45.4 Å². The van der Waals surface area contributed by atoms with Crippen molar-refractivity contribution in [2.75, 3.05) is 19.4 Å². The number of fused-ring (bicyclic) bond motifs is 1. The van der Waals surface area contributed by atoms with Gasteiger partial charge in [0, 0.05) is 17.1 Å². The van der Waals surface area contributed by atoms with Crippen LogP contribution in [0.4, 0.5) is 10.5 Å². The smallest absolute Gasteiger partial charge is 0.310 e. The van der Waals surface area contributed by atoms with Gasteiger partial charge in [0.2, 0.25) is 0 Å². The molecule has 1 saturated carbocycles. The molecule has 2 aromatic carbocycles. The Morgan fingerprint density at radius 2 is 1.70 bits per heavy atom. The maximum Gasteiger partial charge on any atom is 0.321 e. The second-order valence-electron chi connectivity index (χ2n) is 9.16. The van der Waals surface area contributed by atoms with Gasteiger partial charge in [-0.05, 0) is 56.8 Å². The highest BCUT2D eigenvalue weighted by molar-refractivity contribution is 5.93. The van der Waals surface area contributed by atoms with Crippen molar-refractivity contribution in [1.29, 1.82) is 0 Å². The number of carbonyl (C=O) groups excluding carboxylic acids is 1. The standard InChI is InChI=1S/C24H35N5O/c1-17-24(14-8-4-5-9-15-24)21(29(2)3)27-22(25-17)28-23(30)26-20-13-12-18-10-6-7-11-19(18)16-20/h6-7,10-13,16-17,21-22,25,27H,4-5,8-9,14-15H2,1-3H3,(H2,26,28,30). The highest BCUT2D eigenvalue weighted by atomic mass is 16.2. The number of anilines is 1. The lowest BCUT2D eigenvalue weighted by atomic mass is 9.70. The first kappa shape index (κ1) is 21.1. The Balaban J connectivity index is 1.43. The molecule has 6 heteroatoms. The molecule has 1 spiro atoms. The summed E-state index contributed by atoms with van der Waals surface area (Å²) in [5, 5.41) is 15.6. The number of carbonyl (C=O) groups is 1. The van der Waals surface area contributed by atoms with Gasteiger partial charge < -0.3 is 10.6 Å². The van der Waals surface area contributed by atoms with Gasteiger partial charge in [0.05, 0.1) is 6.17 Å². The van der Waals surface area contributed by atoms with Crippen molar-refractivity contribution in [3.63, 3.8) is 0 Å². The van der Waals surface area contributed by atoms with Crippen LogP contribution in [-0.2, 0) is 0 Å². The van der Waals surface area contributed by atoms with Crippen LogP contribution in [0.25, 0.3) is 10.8 Å². The summed E-state index contributed by atoms with van der Waals surface area (Å²) in [6, 6.07) is 14.2. The predicted octanol–water partition coefficient (Wildman–Crippen LogP) is 4.05. The third-order valence-corrected chi connectivity index (χ3v) is 6.98. The summed E-state index contributed by atoms with van der Waals surface area (Å²) >= 11 is 0. The Morgan fingerprint density at radius 3 is 2.40 bits per heavy atom. The van der Waals surface area contributed by atoms with Gasteiger partial charge in [-0.3, -0.25) is 15.5 Å². The topological polar surface area (TPSA) is 68.4 Å². The van der Waals surface area contributed by atoms with Gasteiger partial charge in [-0.25, -0.2) is 4.79 Å². The zero-order chi connectivity index (χ0) is 21.1. The second kappa shape index (κ2) is 8.92. The molecular weight excluding hydrogens is 374 g/mol. The van der Waals surface area contributed by atoms with Gasteiger partial charge in [-0.1, -0.05) is 56.0 Å². The van der Waals surface area contributed by atoms with Crippen molar-refractivity contribution in [2.45, 2.75) is 63.9 Å². The molecule has 4 rings (SSSR count). The number of benzene rings is 2. The van der Waals surface area contributed by atoms with Crippen molar-refractivity contribution in [3.8, 4) is 0 Å². The molecule has 1 aliphatic heterocycles. The number of hydrogen-bond acceptors (Lipinski definition) is 4. The van der Waals surface area contributed by atoms with E-state index in [-0.39, 0.29) is 23.9 Å². The Labute approximate surface area is 179 Å². The summed E-state index contributed by atoms with van der Waals surface area (Å²) in [7, 11) is 4.27. The molecule has 1 saturated heterocycles. The van der Waals surface area contributed by atoms with Crippen LogP contribution in [0.5, 0.6) is 0 Å². The van der Waals surface area contributed by atoms with E-state index in [2.05, 4.69) is 59.3 Å². The molecule has 1 heterocycles. The molecule has 3 atom stereocenters. The average molecular weight is 410 g/mol. The number of rotatable bonds is 3. The lowest BCUT2D eigenvalue weighted by Crippen LogP contribution is -2.75. The van der Waals surface area contributed by atoms with Gasteiger partial charge in [-0.2, -0.15) is 0 Å². The van der Waals surface area contributed by atoms with Crippen molar-refractivity contribution in [1.82, 2.24) is 20.9 Å². The van der Waals surface area contributed by atoms with E-state index < -0.39 is 0 Å². The lowest BCUT2D eigenvalue weighted by Gasteiger charge is -2.54. The van der Waals surface area contributed by atoms with E-state index in [9.17, 15) is 4.79 Å².